The fourth-order valence-corrected chi connectivity index (χ4v) is 3.61. The van der Waals surface area contributed by atoms with Crippen LogP contribution in [0.15, 0.2) is 60.9 Å². The molecule has 0 radical (unpaired) electrons. The van der Waals surface area contributed by atoms with E-state index in [0.717, 1.165) is 16.9 Å². The van der Waals surface area contributed by atoms with Gasteiger partial charge in [0, 0.05) is 23.5 Å². The van der Waals surface area contributed by atoms with Gasteiger partial charge in [-0.15, -0.1) is 0 Å². The lowest BCUT2D eigenvalue weighted by Crippen LogP contribution is -2.38. The molecule has 2 heterocycles. The van der Waals surface area contributed by atoms with Crippen LogP contribution >= 0.6 is 11.6 Å². The summed E-state index contributed by atoms with van der Waals surface area (Å²) in [4.78, 5) is 26.9. The molecule has 6 nitrogen and oxygen atoms in total. The second kappa shape index (κ2) is 7.48. The van der Waals surface area contributed by atoms with Gasteiger partial charge >= 0.3 is 5.97 Å². The Bertz CT molecular complexity index is 1030. The number of rotatable bonds is 3. The smallest absolute Gasteiger partial charge is 0.313 e. The third-order valence-electron chi connectivity index (χ3n) is 4.90. The number of amides is 1. The highest BCUT2D eigenvalue weighted by atomic mass is 35.5. The van der Waals surface area contributed by atoms with Gasteiger partial charge in [-0.25, -0.2) is 4.68 Å². The van der Waals surface area contributed by atoms with Gasteiger partial charge in [0.2, 0.25) is 0 Å². The van der Waals surface area contributed by atoms with Crippen LogP contribution in [-0.4, -0.2) is 35.3 Å². The second-order valence-electron chi connectivity index (χ2n) is 6.53. The van der Waals surface area contributed by atoms with E-state index in [-0.39, 0.29) is 17.8 Å². The van der Waals surface area contributed by atoms with Crippen molar-refractivity contribution in [2.24, 2.45) is 0 Å². The predicted octanol–water partition coefficient (Wildman–Crippen LogP) is 3.83. The first-order chi connectivity index (χ1) is 13.6. The van der Waals surface area contributed by atoms with Crippen molar-refractivity contribution < 1.29 is 14.3 Å². The minimum absolute atomic E-state index is 0.157. The van der Waals surface area contributed by atoms with Crippen LogP contribution < -0.4 is 4.90 Å². The zero-order chi connectivity index (χ0) is 19.7. The summed E-state index contributed by atoms with van der Waals surface area (Å²) in [6.45, 7) is 0.432. The summed E-state index contributed by atoms with van der Waals surface area (Å²) in [7, 11) is 1.38. The fourth-order valence-electron chi connectivity index (χ4n) is 3.48. The van der Waals surface area contributed by atoms with Crippen LogP contribution in [0.5, 0.6) is 0 Å². The molecule has 0 saturated carbocycles. The monoisotopic (exact) mass is 395 g/mol. The minimum atomic E-state index is -0.359. The number of fused-ring (bicyclic) bond motifs is 1. The maximum Gasteiger partial charge on any atom is 0.313 e. The normalized spacial score (nSPS) is 15.8. The van der Waals surface area contributed by atoms with Crippen LogP contribution in [0.25, 0.3) is 5.69 Å². The van der Waals surface area contributed by atoms with Crippen molar-refractivity contribution in [2.45, 2.75) is 12.3 Å². The van der Waals surface area contributed by atoms with Crippen LogP contribution in [-0.2, 0) is 9.53 Å². The molecule has 28 heavy (non-hydrogen) atoms. The number of ether oxygens (including phenoxy) is 1. The van der Waals surface area contributed by atoms with Gasteiger partial charge in [-0.05, 0) is 42.3 Å². The van der Waals surface area contributed by atoms with Crippen molar-refractivity contribution in [2.75, 3.05) is 18.6 Å². The van der Waals surface area contributed by atoms with E-state index in [4.69, 9.17) is 16.3 Å². The number of carbonyl (C=O) groups excluding carboxylic acids is 2. The summed E-state index contributed by atoms with van der Waals surface area (Å²) >= 11 is 5.93. The topological polar surface area (TPSA) is 64.4 Å². The molecule has 2 aromatic carbocycles. The van der Waals surface area contributed by atoms with E-state index in [1.54, 1.807) is 34.1 Å². The molecule has 0 spiro atoms. The average molecular weight is 396 g/mol. The van der Waals surface area contributed by atoms with Gasteiger partial charge in [0.1, 0.15) is 0 Å². The molecular formula is C21H18ClN3O3. The first-order valence-corrected chi connectivity index (χ1v) is 9.25. The van der Waals surface area contributed by atoms with Gasteiger partial charge < -0.3 is 9.64 Å². The highest BCUT2D eigenvalue weighted by molar-refractivity contribution is 6.30. The summed E-state index contributed by atoms with van der Waals surface area (Å²) in [6, 6.07) is 14.7. The molecule has 0 aliphatic carbocycles. The molecule has 1 aromatic heterocycles. The molecule has 0 bridgehead atoms. The Morgan fingerprint density at radius 3 is 2.64 bits per heavy atom. The van der Waals surface area contributed by atoms with E-state index < -0.39 is 0 Å². The van der Waals surface area contributed by atoms with Crippen molar-refractivity contribution in [3.05, 3.63) is 77.1 Å². The lowest BCUT2D eigenvalue weighted by molar-refractivity contribution is -0.142. The molecule has 0 fully saturated rings. The van der Waals surface area contributed by atoms with Crippen molar-refractivity contribution >= 4 is 29.2 Å². The third-order valence-corrected chi connectivity index (χ3v) is 5.15. The maximum absolute atomic E-state index is 13.1. The van der Waals surface area contributed by atoms with Crippen molar-refractivity contribution in [3.8, 4) is 5.69 Å². The van der Waals surface area contributed by atoms with Crippen molar-refractivity contribution in [1.82, 2.24) is 9.78 Å². The predicted molar refractivity (Wildman–Crippen MR) is 106 cm³/mol. The Hall–Kier alpha value is -3.12. The highest BCUT2D eigenvalue weighted by Crippen LogP contribution is 2.36. The molecule has 0 N–H and O–H groups in total. The van der Waals surface area contributed by atoms with Crippen LogP contribution in [0.4, 0.5) is 5.69 Å². The zero-order valence-electron chi connectivity index (χ0n) is 15.2. The lowest BCUT2D eigenvalue weighted by atomic mass is 9.89. The fraction of sp³-hybridized carbons (Fsp3) is 0.190. The Morgan fingerprint density at radius 2 is 1.89 bits per heavy atom. The van der Waals surface area contributed by atoms with E-state index in [2.05, 4.69) is 5.10 Å². The van der Waals surface area contributed by atoms with Crippen LogP contribution in [0.3, 0.4) is 0 Å². The number of halogens is 1. The minimum Gasteiger partial charge on any atom is -0.469 e. The number of esters is 1. The molecule has 1 amide bonds. The van der Waals surface area contributed by atoms with E-state index >= 15 is 0 Å². The van der Waals surface area contributed by atoms with Gasteiger partial charge in [-0.3, -0.25) is 9.59 Å². The molecule has 3 aromatic rings. The first kappa shape index (κ1) is 18.3. The van der Waals surface area contributed by atoms with Gasteiger partial charge in [0.25, 0.3) is 5.91 Å². The van der Waals surface area contributed by atoms with Crippen LogP contribution in [0.2, 0.25) is 5.02 Å². The zero-order valence-corrected chi connectivity index (χ0v) is 16.0. The van der Waals surface area contributed by atoms with E-state index in [9.17, 15) is 9.59 Å². The number of nitrogens with zero attached hydrogens (tertiary/aromatic N) is 3. The molecule has 1 aliphatic rings. The largest absolute Gasteiger partial charge is 0.469 e. The number of hydrogen-bond donors (Lipinski definition) is 0. The Balaban J connectivity index is 1.63. The third kappa shape index (κ3) is 3.27. The summed E-state index contributed by atoms with van der Waals surface area (Å²) in [6.07, 6.45) is 3.76. The van der Waals surface area contributed by atoms with Gasteiger partial charge in [0.15, 0.2) is 0 Å². The van der Waals surface area contributed by atoms with Crippen LogP contribution in [0.1, 0.15) is 28.3 Å². The van der Waals surface area contributed by atoms with Gasteiger partial charge in [0.05, 0.1) is 30.5 Å². The number of hydrogen-bond acceptors (Lipinski definition) is 4. The number of benzene rings is 2. The molecule has 1 aliphatic heterocycles. The molecule has 4 rings (SSSR count). The van der Waals surface area contributed by atoms with E-state index in [1.165, 1.54) is 7.11 Å². The van der Waals surface area contributed by atoms with Gasteiger partial charge in [-0.2, -0.15) is 5.10 Å². The van der Waals surface area contributed by atoms with E-state index in [1.807, 2.05) is 36.4 Å². The number of aromatic nitrogens is 2. The van der Waals surface area contributed by atoms with Crippen molar-refractivity contribution in [1.29, 1.82) is 0 Å². The molecule has 0 unspecified atom stereocenters. The number of methoxy groups -OCH3 is 1. The number of carbonyl (C=O) groups is 2. The van der Waals surface area contributed by atoms with E-state index in [0.29, 0.717) is 23.6 Å². The first-order valence-electron chi connectivity index (χ1n) is 8.87. The van der Waals surface area contributed by atoms with Crippen LogP contribution in [0, 0.1) is 0 Å². The SMILES string of the molecule is COC(=O)[C@H]1CCN(C(=O)c2cnn(-c3ccc(Cl)cc3)c2)c2ccccc21. The highest BCUT2D eigenvalue weighted by Gasteiger charge is 2.33. The summed E-state index contributed by atoms with van der Waals surface area (Å²) in [5, 5.41) is 4.93. The molecule has 142 valence electrons. The quantitative estimate of drug-likeness (QED) is 0.632. The summed E-state index contributed by atoms with van der Waals surface area (Å²) in [5.74, 6) is -0.798. The summed E-state index contributed by atoms with van der Waals surface area (Å²) < 4.78 is 6.56. The average Bonchev–Trinajstić information content (AvgIpc) is 3.22. The maximum atomic E-state index is 13.1. The van der Waals surface area contributed by atoms with Crippen molar-refractivity contribution in [3.63, 3.8) is 0 Å². The Kier molecular flexibility index (Phi) is 4.88. The number of para-hydroxylation sites is 1. The lowest BCUT2D eigenvalue weighted by Gasteiger charge is -2.32. The second-order valence-corrected chi connectivity index (χ2v) is 6.97. The standard InChI is InChI=1S/C21H18ClN3O3/c1-28-21(27)18-10-11-24(19-5-3-2-4-17(18)19)20(26)14-12-23-25(13-14)16-8-6-15(22)7-9-16/h2-9,12-13,18H,10-11H2,1H3/t18-/m0/s1. The summed E-state index contributed by atoms with van der Waals surface area (Å²) in [5.41, 5.74) is 2.82. The molecule has 7 heteroatoms. The molecular weight excluding hydrogens is 378 g/mol. The Labute approximate surface area is 167 Å². The molecule has 0 saturated heterocycles. The Morgan fingerprint density at radius 1 is 1.14 bits per heavy atom. The number of anilines is 1. The van der Waals surface area contributed by atoms with Gasteiger partial charge in [-0.1, -0.05) is 29.8 Å². The molecule has 1 atom stereocenters.